The minimum atomic E-state index is -0.294. The van der Waals surface area contributed by atoms with Crippen LogP contribution in [0.1, 0.15) is 41.0 Å². The highest BCUT2D eigenvalue weighted by atomic mass is 16.5. The molecule has 0 heterocycles. The van der Waals surface area contributed by atoms with Crippen molar-refractivity contribution in [2.45, 2.75) is 53.2 Å². The van der Waals surface area contributed by atoms with Gasteiger partial charge in [0.1, 0.15) is 0 Å². The van der Waals surface area contributed by atoms with Crippen LogP contribution in [0, 0.1) is 5.92 Å². The summed E-state index contributed by atoms with van der Waals surface area (Å²) in [6, 6.07) is -0.138. The summed E-state index contributed by atoms with van der Waals surface area (Å²) >= 11 is 0. The summed E-state index contributed by atoms with van der Waals surface area (Å²) in [7, 11) is 0. The molecule has 2 amide bonds. The Morgan fingerprint density at radius 3 is 2.18 bits per heavy atom. The maximum Gasteiger partial charge on any atom is 0.315 e. The van der Waals surface area contributed by atoms with E-state index in [9.17, 15) is 9.59 Å². The number of carbonyl (C=O) groups excluding carboxylic acids is 2. The molecular weight excluding hydrogens is 220 g/mol. The van der Waals surface area contributed by atoms with Crippen molar-refractivity contribution in [2.24, 2.45) is 5.92 Å². The first kappa shape index (κ1) is 15.7. The van der Waals surface area contributed by atoms with E-state index in [1.54, 1.807) is 13.8 Å². The van der Waals surface area contributed by atoms with E-state index >= 15 is 0 Å². The van der Waals surface area contributed by atoms with Gasteiger partial charge >= 0.3 is 12.0 Å². The van der Waals surface area contributed by atoms with Gasteiger partial charge in [-0.1, -0.05) is 13.8 Å². The molecule has 17 heavy (non-hydrogen) atoms. The second-order valence-corrected chi connectivity index (χ2v) is 4.72. The lowest BCUT2D eigenvalue weighted by molar-refractivity contribution is -0.147. The van der Waals surface area contributed by atoms with Crippen molar-refractivity contribution in [3.63, 3.8) is 0 Å². The molecule has 5 heteroatoms. The molecular formula is C12H24N2O3. The molecule has 100 valence electrons. The first-order valence-corrected chi connectivity index (χ1v) is 6.06. The number of rotatable bonds is 6. The van der Waals surface area contributed by atoms with Crippen LogP contribution in [0.25, 0.3) is 0 Å². The molecule has 0 radical (unpaired) electrons. The van der Waals surface area contributed by atoms with Crippen molar-refractivity contribution in [3.05, 3.63) is 0 Å². The third-order valence-corrected chi connectivity index (χ3v) is 2.34. The molecule has 2 N–H and O–H groups in total. The molecule has 0 aromatic heterocycles. The van der Waals surface area contributed by atoms with Gasteiger partial charge in [-0.3, -0.25) is 4.79 Å². The summed E-state index contributed by atoms with van der Waals surface area (Å²) in [5.74, 6) is 0.0869. The van der Waals surface area contributed by atoms with Crippen molar-refractivity contribution in [3.8, 4) is 0 Å². The lowest BCUT2D eigenvalue weighted by Crippen LogP contribution is -2.43. The molecule has 1 atom stereocenters. The topological polar surface area (TPSA) is 67.4 Å². The lowest BCUT2D eigenvalue weighted by atomic mass is 10.1. The van der Waals surface area contributed by atoms with Gasteiger partial charge in [0, 0.05) is 12.6 Å². The highest BCUT2D eigenvalue weighted by Crippen LogP contribution is 1.99. The Balaban J connectivity index is 3.68. The van der Waals surface area contributed by atoms with Crippen LogP contribution < -0.4 is 10.6 Å². The van der Waals surface area contributed by atoms with E-state index in [4.69, 9.17) is 4.74 Å². The highest BCUT2D eigenvalue weighted by molar-refractivity contribution is 5.75. The normalized spacial score (nSPS) is 12.4. The molecule has 0 aliphatic heterocycles. The SMILES string of the molecule is CC(C)OC(=O)CCNC(=O)NC(C)C(C)C. The maximum atomic E-state index is 11.4. The van der Waals surface area contributed by atoms with E-state index in [1.807, 2.05) is 20.8 Å². The Morgan fingerprint density at radius 2 is 1.71 bits per heavy atom. The van der Waals surface area contributed by atoms with E-state index in [2.05, 4.69) is 10.6 Å². The van der Waals surface area contributed by atoms with Gasteiger partial charge in [-0.2, -0.15) is 0 Å². The maximum absolute atomic E-state index is 11.4. The van der Waals surface area contributed by atoms with Gasteiger partial charge in [-0.15, -0.1) is 0 Å². The standard InChI is InChI=1S/C12H24N2O3/c1-8(2)10(5)14-12(16)13-7-6-11(15)17-9(3)4/h8-10H,6-7H2,1-5H3,(H2,13,14,16). The fourth-order valence-corrected chi connectivity index (χ4v) is 1.02. The van der Waals surface area contributed by atoms with Gasteiger partial charge < -0.3 is 15.4 Å². The molecule has 0 saturated heterocycles. The monoisotopic (exact) mass is 244 g/mol. The van der Waals surface area contributed by atoms with Crippen LogP contribution in [0.5, 0.6) is 0 Å². The zero-order valence-electron chi connectivity index (χ0n) is 11.4. The van der Waals surface area contributed by atoms with Crippen molar-refractivity contribution >= 4 is 12.0 Å². The largest absolute Gasteiger partial charge is 0.463 e. The molecule has 0 bridgehead atoms. The molecule has 1 unspecified atom stereocenters. The van der Waals surface area contributed by atoms with E-state index in [0.29, 0.717) is 12.5 Å². The van der Waals surface area contributed by atoms with Gasteiger partial charge in [0.25, 0.3) is 0 Å². The minimum absolute atomic E-state index is 0.109. The van der Waals surface area contributed by atoms with Crippen LogP contribution in [0.4, 0.5) is 4.79 Å². The summed E-state index contributed by atoms with van der Waals surface area (Å²) in [5.41, 5.74) is 0. The third-order valence-electron chi connectivity index (χ3n) is 2.34. The van der Waals surface area contributed by atoms with Gasteiger partial charge in [0.15, 0.2) is 0 Å². The Hall–Kier alpha value is -1.26. The number of amides is 2. The van der Waals surface area contributed by atoms with E-state index in [-0.39, 0.29) is 30.6 Å². The molecule has 0 spiro atoms. The van der Waals surface area contributed by atoms with Crippen molar-refractivity contribution in [1.29, 1.82) is 0 Å². The molecule has 0 aromatic rings. The number of esters is 1. The predicted octanol–water partition coefficient (Wildman–Crippen LogP) is 1.67. The number of nitrogens with one attached hydrogen (secondary N) is 2. The summed E-state index contributed by atoms with van der Waals surface area (Å²) in [6.45, 7) is 9.89. The van der Waals surface area contributed by atoms with E-state index < -0.39 is 0 Å². The van der Waals surface area contributed by atoms with Crippen molar-refractivity contribution in [1.82, 2.24) is 10.6 Å². The van der Waals surface area contributed by atoms with Gasteiger partial charge in [0.05, 0.1) is 12.5 Å². The molecule has 5 nitrogen and oxygen atoms in total. The van der Waals surface area contributed by atoms with Gasteiger partial charge in [-0.25, -0.2) is 4.79 Å². The number of urea groups is 1. The molecule has 0 fully saturated rings. The second kappa shape index (κ2) is 7.92. The third kappa shape index (κ3) is 8.54. The summed E-state index contributed by atoms with van der Waals surface area (Å²) in [5, 5.41) is 5.41. The minimum Gasteiger partial charge on any atom is -0.463 e. The van der Waals surface area contributed by atoms with Crippen LogP contribution in [0.15, 0.2) is 0 Å². The zero-order valence-corrected chi connectivity index (χ0v) is 11.4. The summed E-state index contributed by atoms with van der Waals surface area (Å²) in [6.07, 6.45) is 0.0825. The van der Waals surface area contributed by atoms with Crippen LogP contribution in [0.2, 0.25) is 0 Å². The fraction of sp³-hybridized carbons (Fsp3) is 0.833. The van der Waals surface area contributed by atoms with Gasteiger partial charge in [0.2, 0.25) is 0 Å². The number of hydrogen-bond acceptors (Lipinski definition) is 3. The molecule has 0 saturated carbocycles. The highest BCUT2D eigenvalue weighted by Gasteiger charge is 2.11. The van der Waals surface area contributed by atoms with Crippen LogP contribution in [-0.4, -0.2) is 30.7 Å². The first-order chi connectivity index (χ1) is 7.82. The Kier molecular flexibility index (Phi) is 7.34. The van der Waals surface area contributed by atoms with Crippen LogP contribution in [0.3, 0.4) is 0 Å². The summed E-state index contributed by atoms with van der Waals surface area (Å²) in [4.78, 5) is 22.6. The fourth-order valence-electron chi connectivity index (χ4n) is 1.02. The van der Waals surface area contributed by atoms with Crippen LogP contribution >= 0.6 is 0 Å². The van der Waals surface area contributed by atoms with E-state index in [1.165, 1.54) is 0 Å². The first-order valence-electron chi connectivity index (χ1n) is 6.06. The number of carbonyl (C=O) groups is 2. The van der Waals surface area contributed by atoms with Gasteiger partial charge in [-0.05, 0) is 26.7 Å². The number of hydrogen-bond donors (Lipinski definition) is 2. The average Bonchev–Trinajstić information content (AvgIpc) is 2.15. The Labute approximate surface area is 103 Å². The Morgan fingerprint density at radius 1 is 1.12 bits per heavy atom. The second-order valence-electron chi connectivity index (χ2n) is 4.72. The van der Waals surface area contributed by atoms with E-state index in [0.717, 1.165) is 0 Å². The predicted molar refractivity (Wildman–Crippen MR) is 66.7 cm³/mol. The quantitative estimate of drug-likeness (QED) is 0.698. The van der Waals surface area contributed by atoms with Crippen molar-refractivity contribution < 1.29 is 14.3 Å². The average molecular weight is 244 g/mol. The molecule has 0 aliphatic carbocycles. The van der Waals surface area contributed by atoms with Crippen LogP contribution in [-0.2, 0) is 9.53 Å². The number of ether oxygens (including phenoxy) is 1. The zero-order chi connectivity index (χ0) is 13.4. The molecule has 0 rings (SSSR count). The smallest absolute Gasteiger partial charge is 0.315 e. The lowest BCUT2D eigenvalue weighted by Gasteiger charge is -2.17. The molecule has 0 aliphatic rings. The Bertz CT molecular complexity index is 252. The van der Waals surface area contributed by atoms with Crippen molar-refractivity contribution in [2.75, 3.05) is 6.54 Å². The molecule has 0 aromatic carbocycles. The summed E-state index contributed by atoms with van der Waals surface area (Å²) < 4.78 is 4.94.